The van der Waals surface area contributed by atoms with Gasteiger partial charge in [0.15, 0.2) is 9.34 Å². The zero-order valence-electron chi connectivity index (χ0n) is 29.0. The molecule has 3 heterocycles. The van der Waals surface area contributed by atoms with Crippen molar-refractivity contribution in [1.29, 1.82) is 0 Å². The lowest BCUT2D eigenvalue weighted by molar-refractivity contribution is -0.128. The number of amides is 4. The number of rotatable bonds is 16. The van der Waals surface area contributed by atoms with Gasteiger partial charge in [-0.3, -0.25) is 9.59 Å². The summed E-state index contributed by atoms with van der Waals surface area (Å²) < 4.78 is 29.2. The van der Waals surface area contributed by atoms with E-state index in [0.29, 0.717) is 19.6 Å². The largest absolute Gasteiger partial charge is 0.390 e. The number of aromatic nitrogens is 2. The van der Waals surface area contributed by atoms with Crippen LogP contribution in [0.4, 0.5) is 9.93 Å². The molecule has 13 nitrogen and oxygen atoms in total. The first-order valence-corrected chi connectivity index (χ1v) is 19.4. The predicted octanol–water partition coefficient (Wildman–Crippen LogP) is 3.87. The lowest BCUT2D eigenvalue weighted by atomic mass is 9.97. The van der Waals surface area contributed by atoms with Crippen molar-refractivity contribution in [2.45, 2.75) is 83.8 Å². The molecule has 1 unspecified atom stereocenters. The molecule has 0 aliphatic carbocycles. The van der Waals surface area contributed by atoms with E-state index in [1.54, 1.807) is 16.7 Å². The Bertz CT molecular complexity index is 1710. The van der Waals surface area contributed by atoms with Crippen molar-refractivity contribution in [1.82, 2.24) is 29.4 Å². The van der Waals surface area contributed by atoms with Gasteiger partial charge in [-0.2, -0.15) is 4.31 Å². The van der Waals surface area contributed by atoms with Gasteiger partial charge in [-0.05, 0) is 37.7 Å². The molecule has 3 N–H and O–H groups in total. The number of sulfonamides is 1. The van der Waals surface area contributed by atoms with Crippen LogP contribution in [0.2, 0.25) is 0 Å². The molecule has 268 valence electrons. The molecular formula is C33H47N7O6S3. The molecule has 3 aromatic rings. The molecule has 0 saturated carbocycles. The number of aryl methyl sites for hydroxylation is 2. The van der Waals surface area contributed by atoms with Gasteiger partial charge in [0.25, 0.3) is 10.0 Å². The Labute approximate surface area is 296 Å². The lowest BCUT2D eigenvalue weighted by Crippen LogP contribution is -2.57. The number of hydrogen-bond acceptors (Lipinski definition) is 10. The van der Waals surface area contributed by atoms with Crippen molar-refractivity contribution in [3.8, 4) is 0 Å². The summed E-state index contributed by atoms with van der Waals surface area (Å²) in [5.41, 5.74) is 1.88. The Morgan fingerprint density at radius 2 is 1.76 bits per heavy atom. The molecule has 2 aromatic heterocycles. The lowest BCUT2D eigenvalue weighted by Gasteiger charge is -2.34. The van der Waals surface area contributed by atoms with E-state index >= 15 is 0 Å². The molecule has 1 aromatic carbocycles. The van der Waals surface area contributed by atoms with Crippen LogP contribution in [0, 0.1) is 25.7 Å². The van der Waals surface area contributed by atoms with Gasteiger partial charge in [-0.1, -0.05) is 69.4 Å². The summed E-state index contributed by atoms with van der Waals surface area (Å²) in [7, 11) is -4.15. The first-order chi connectivity index (χ1) is 23.1. The minimum absolute atomic E-state index is 0.0301. The van der Waals surface area contributed by atoms with Crippen LogP contribution >= 0.6 is 22.7 Å². The van der Waals surface area contributed by atoms with Crippen LogP contribution in [0.5, 0.6) is 0 Å². The van der Waals surface area contributed by atoms with Crippen molar-refractivity contribution < 1.29 is 27.9 Å². The van der Waals surface area contributed by atoms with Crippen molar-refractivity contribution >= 4 is 55.7 Å². The van der Waals surface area contributed by atoms with E-state index in [4.69, 9.17) is 0 Å². The fourth-order valence-corrected chi connectivity index (χ4v) is 9.68. The molecule has 49 heavy (non-hydrogen) atoms. The summed E-state index contributed by atoms with van der Waals surface area (Å²) in [6.45, 7) is 13.2. The van der Waals surface area contributed by atoms with Gasteiger partial charge in [0.1, 0.15) is 6.04 Å². The number of thiazole rings is 2. The summed E-state index contributed by atoms with van der Waals surface area (Å²) in [5, 5.41) is 20.3. The van der Waals surface area contributed by atoms with E-state index < -0.39 is 34.1 Å². The zero-order chi connectivity index (χ0) is 36.0. The van der Waals surface area contributed by atoms with E-state index in [1.807, 2.05) is 70.3 Å². The third kappa shape index (κ3) is 9.84. The Morgan fingerprint density at radius 3 is 2.35 bits per heavy atom. The van der Waals surface area contributed by atoms with Crippen molar-refractivity contribution in [3.05, 3.63) is 57.7 Å². The molecule has 0 spiro atoms. The highest BCUT2D eigenvalue weighted by molar-refractivity contribution is 7.91. The molecule has 1 fully saturated rings. The van der Waals surface area contributed by atoms with Gasteiger partial charge in [-0.15, -0.1) is 11.3 Å². The van der Waals surface area contributed by atoms with Gasteiger partial charge < -0.3 is 25.5 Å². The van der Waals surface area contributed by atoms with Crippen LogP contribution in [0.3, 0.4) is 0 Å². The number of nitrogens with zero attached hydrogens (tertiary/aromatic N) is 5. The number of urea groups is 1. The van der Waals surface area contributed by atoms with E-state index in [2.05, 4.69) is 20.6 Å². The number of anilines is 1. The van der Waals surface area contributed by atoms with Crippen molar-refractivity contribution in [3.63, 3.8) is 0 Å². The van der Waals surface area contributed by atoms with Crippen LogP contribution in [-0.4, -0.2) is 99.8 Å². The normalized spacial score (nSPS) is 15.7. The molecule has 4 amide bonds. The summed E-state index contributed by atoms with van der Waals surface area (Å²) in [4.78, 5) is 51.2. The number of hydrogen-bond donors (Lipinski definition) is 3. The van der Waals surface area contributed by atoms with Crippen LogP contribution in [0.1, 0.15) is 56.6 Å². The molecule has 1 aliphatic rings. The highest BCUT2D eigenvalue weighted by Crippen LogP contribution is 2.31. The minimum atomic E-state index is -4.15. The molecule has 1 aliphatic heterocycles. The highest BCUT2D eigenvalue weighted by Gasteiger charge is 2.41. The Hall–Kier alpha value is -3.44. The number of aliphatic hydroxyl groups excluding tert-OH is 1. The zero-order valence-corrected chi connectivity index (χ0v) is 31.5. The second kappa shape index (κ2) is 16.5. The number of nitrogens with one attached hydrogen (secondary N) is 2. The van der Waals surface area contributed by atoms with Crippen LogP contribution in [-0.2, 0) is 32.6 Å². The van der Waals surface area contributed by atoms with Crippen LogP contribution < -0.4 is 10.6 Å². The summed E-state index contributed by atoms with van der Waals surface area (Å²) in [6, 6.07) is 7.37. The fourth-order valence-electron chi connectivity index (χ4n) is 5.86. The standard InChI is InChI=1S/C33H47N7O6S3/c1-20(2)16-39(49(45,46)31-22(5)34-32(48-31)35-23(6)41)18-28(42)27(15-25-11-9-8-10-12-25)37-30(43)29(21(3)4)40-14-13-38(33(40)44)17-26-19-47-24(7)36-26/h8-12,19-21,27-29,42H,13-18H2,1-7H3,(H,37,43)(H,34,35,41)/t27-,28+,29?/m0/s1. The average Bonchev–Trinajstić information content (AvgIpc) is 3.70. The summed E-state index contributed by atoms with van der Waals surface area (Å²) in [6.07, 6.45) is -1.09. The Morgan fingerprint density at radius 1 is 1.06 bits per heavy atom. The van der Waals surface area contributed by atoms with Crippen LogP contribution in [0.15, 0.2) is 39.9 Å². The first-order valence-electron chi connectivity index (χ1n) is 16.3. The number of benzene rings is 1. The van der Waals surface area contributed by atoms with Crippen LogP contribution in [0.25, 0.3) is 0 Å². The molecule has 0 radical (unpaired) electrons. The van der Waals surface area contributed by atoms with E-state index in [0.717, 1.165) is 27.6 Å². The molecular weight excluding hydrogens is 687 g/mol. The number of aliphatic hydroxyl groups is 1. The van der Waals surface area contributed by atoms with Gasteiger partial charge in [-0.25, -0.2) is 23.2 Å². The fraction of sp³-hybridized carbons (Fsp3) is 0.545. The molecule has 16 heteroatoms. The third-order valence-corrected chi connectivity index (χ3v) is 12.4. The average molecular weight is 734 g/mol. The monoisotopic (exact) mass is 733 g/mol. The number of carbonyl (C=O) groups excluding carboxylic acids is 3. The SMILES string of the molecule is CC(=O)Nc1nc(C)c(S(=O)(=O)N(CC(C)C)C[C@@H](O)[C@H](Cc2ccccc2)NC(=O)C(C(C)C)N2CCN(Cc3csc(C)n3)C2=O)s1. The smallest absolute Gasteiger partial charge is 0.321 e. The maximum Gasteiger partial charge on any atom is 0.321 e. The molecule has 1 saturated heterocycles. The third-order valence-electron chi connectivity index (χ3n) is 8.04. The topological polar surface area (TPSA) is 165 Å². The van der Waals surface area contributed by atoms with Crippen molar-refractivity contribution in [2.24, 2.45) is 11.8 Å². The van der Waals surface area contributed by atoms with Gasteiger partial charge in [0.05, 0.1) is 35.1 Å². The second-order valence-corrected chi connectivity index (χ2v) is 17.3. The van der Waals surface area contributed by atoms with E-state index in [9.17, 15) is 27.9 Å². The van der Waals surface area contributed by atoms with E-state index in [-0.39, 0.29) is 58.3 Å². The highest BCUT2D eigenvalue weighted by atomic mass is 32.2. The Balaban J connectivity index is 1.58. The van der Waals surface area contributed by atoms with Crippen molar-refractivity contribution in [2.75, 3.05) is 31.5 Å². The van der Waals surface area contributed by atoms with E-state index in [1.165, 1.54) is 22.6 Å². The Kier molecular flexibility index (Phi) is 12.9. The molecule has 0 bridgehead atoms. The first kappa shape index (κ1) is 38.4. The second-order valence-electron chi connectivity index (χ2n) is 13.1. The predicted molar refractivity (Wildman–Crippen MR) is 191 cm³/mol. The summed E-state index contributed by atoms with van der Waals surface area (Å²) in [5.74, 6) is -1.13. The quantitative estimate of drug-likeness (QED) is 0.200. The molecule has 4 rings (SSSR count). The van der Waals surface area contributed by atoms with Gasteiger partial charge in [0.2, 0.25) is 11.8 Å². The van der Waals surface area contributed by atoms with Gasteiger partial charge >= 0.3 is 6.03 Å². The maximum absolute atomic E-state index is 14.1. The maximum atomic E-state index is 14.1. The molecule has 3 atom stereocenters. The number of carbonyl (C=O) groups is 3. The minimum Gasteiger partial charge on any atom is -0.390 e. The van der Waals surface area contributed by atoms with Gasteiger partial charge in [0, 0.05) is 38.5 Å². The summed E-state index contributed by atoms with van der Waals surface area (Å²) >= 11 is 2.37.